The third-order valence-electron chi connectivity index (χ3n) is 3.32. The van der Waals surface area contributed by atoms with Gasteiger partial charge >= 0.3 is 0 Å². The summed E-state index contributed by atoms with van der Waals surface area (Å²) in [5, 5.41) is 0. The minimum Gasteiger partial charge on any atom is -0.493 e. The van der Waals surface area contributed by atoms with Gasteiger partial charge in [0.05, 0.1) is 19.4 Å². The fourth-order valence-corrected chi connectivity index (χ4v) is 2.12. The normalized spacial score (nSPS) is 11.0. The number of methoxy groups -OCH3 is 2. The fourth-order valence-electron chi connectivity index (χ4n) is 2.12. The molecule has 2 rings (SSSR count). The molecule has 0 N–H and O–H groups in total. The lowest BCUT2D eigenvalue weighted by atomic mass is 10.1. The van der Waals surface area contributed by atoms with E-state index in [-0.39, 0.29) is 5.78 Å². The van der Waals surface area contributed by atoms with Crippen LogP contribution in [-0.4, -0.2) is 38.2 Å². The summed E-state index contributed by atoms with van der Waals surface area (Å²) in [6.45, 7) is 4.47. The molecule has 0 saturated heterocycles. The van der Waals surface area contributed by atoms with Crippen LogP contribution in [0, 0.1) is 13.8 Å². The molecular weight excluding hydrogens is 310 g/mol. The Morgan fingerprint density at radius 3 is 2.62 bits per heavy atom. The van der Waals surface area contributed by atoms with Crippen molar-refractivity contribution in [3.8, 4) is 11.5 Å². The Balaban J connectivity index is 2.13. The molecule has 6 heteroatoms. The van der Waals surface area contributed by atoms with Gasteiger partial charge in [0.15, 0.2) is 23.2 Å². The lowest BCUT2D eigenvalue weighted by Crippen LogP contribution is -2.06. The highest BCUT2D eigenvalue weighted by Crippen LogP contribution is 2.28. The van der Waals surface area contributed by atoms with Crippen molar-refractivity contribution < 1.29 is 23.4 Å². The van der Waals surface area contributed by atoms with Crippen molar-refractivity contribution in [1.29, 1.82) is 0 Å². The summed E-state index contributed by atoms with van der Waals surface area (Å²) < 4.78 is 21.2. The van der Waals surface area contributed by atoms with Gasteiger partial charge in [-0.1, -0.05) is 0 Å². The second kappa shape index (κ2) is 8.31. The molecule has 0 bridgehead atoms. The molecule has 0 aliphatic carbocycles. The van der Waals surface area contributed by atoms with Crippen LogP contribution in [0.5, 0.6) is 11.5 Å². The Bertz CT molecular complexity index is 733. The average molecular weight is 331 g/mol. The third-order valence-corrected chi connectivity index (χ3v) is 3.32. The zero-order valence-corrected chi connectivity index (χ0v) is 14.3. The lowest BCUT2D eigenvalue weighted by molar-refractivity contribution is 0.104. The summed E-state index contributed by atoms with van der Waals surface area (Å²) in [7, 11) is 3.13. The third kappa shape index (κ3) is 4.45. The summed E-state index contributed by atoms with van der Waals surface area (Å²) >= 11 is 0. The average Bonchev–Trinajstić information content (AvgIpc) is 2.90. The van der Waals surface area contributed by atoms with E-state index < -0.39 is 0 Å². The first-order valence-electron chi connectivity index (χ1n) is 7.51. The smallest absolute Gasteiger partial charge is 0.191 e. The van der Waals surface area contributed by atoms with E-state index in [2.05, 4.69) is 4.98 Å². The van der Waals surface area contributed by atoms with Gasteiger partial charge in [-0.2, -0.15) is 0 Å². The van der Waals surface area contributed by atoms with Gasteiger partial charge < -0.3 is 18.6 Å². The highest BCUT2D eigenvalue weighted by Gasteiger charge is 2.10. The van der Waals surface area contributed by atoms with Gasteiger partial charge in [-0.25, -0.2) is 4.98 Å². The molecule has 0 fully saturated rings. The van der Waals surface area contributed by atoms with Crippen molar-refractivity contribution in [2.24, 2.45) is 0 Å². The standard InChI is InChI=1S/C18H21NO5/c1-12-16(24-13(2)19-12)8-6-15(20)14-5-7-17(18(11-14)22-4)23-10-9-21-3/h5-8,11H,9-10H2,1-4H3/b8-6+. The number of nitrogens with zero attached hydrogens (tertiary/aromatic N) is 1. The van der Waals surface area contributed by atoms with E-state index in [1.165, 1.54) is 13.2 Å². The van der Waals surface area contributed by atoms with E-state index in [1.54, 1.807) is 38.3 Å². The second-order valence-electron chi connectivity index (χ2n) is 5.09. The molecule has 1 heterocycles. The maximum atomic E-state index is 12.3. The molecule has 0 amide bonds. The molecule has 2 aromatic rings. The SMILES string of the molecule is COCCOc1ccc(C(=O)/C=C/c2oc(C)nc2C)cc1OC. The Morgan fingerprint density at radius 1 is 1.21 bits per heavy atom. The molecule has 0 unspecified atom stereocenters. The number of carbonyl (C=O) groups is 1. The summed E-state index contributed by atoms with van der Waals surface area (Å²) in [6, 6.07) is 5.04. The largest absolute Gasteiger partial charge is 0.493 e. The second-order valence-corrected chi connectivity index (χ2v) is 5.09. The topological polar surface area (TPSA) is 70.8 Å². The summed E-state index contributed by atoms with van der Waals surface area (Å²) in [4.78, 5) is 16.5. The highest BCUT2D eigenvalue weighted by atomic mass is 16.5. The molecule has 0 atom stereocenters. The van der Waals surface area contributed by atoms with Gasteiger partial charge in [0.1, 0.15) is 12.4 Å². The van der Waals surface area contributed by atoms with Gasteiger partial charge in [0, 0.05) is 19.6 Å². The van der Waals surface area contributed by atoms with E-state index in [9.17, 15) is 4.79 Å². The van der Waals surface area contributed by atoms with E-state index in [1.807, 2.05) is 6.92 Å². The molecule has 128 valence electrons. The van der Waals surface area contributed by atoms with Crippen molar-refractivity contribution >= 4 is 11.9 Å². The van der Waals surface area contributed by atoms with Crippen LogP contribution in [0.15, 0.2) is 28.7 Å². The van der Waals surface area contributed by atoms with Crippen molar-refractivity contribution in [2.45, 2.75) is 13.8 Å². The van der Waals surface area contributed by atoms with E-state index in [0.29, 0.717) is 41.9 Å². The summed E-state index contributed by atoms with van der Waals surface area (Å²) in [5.41, 5.74) is 1.24. The molecule has 0 aliphatic heterocycles. The molecule has 0 saturated carbocycles. The predicted octanol–water partition coefficient (Wildman–Crippen LogP) is 3.22. The van der Waals surface area contributed by atoms with Crippen molar-refractivity contribution in [3.05, 3.63) is 47.2 Å². The molecule has 1 aromatic carbocycles. The number of aryl methyl sites for hydroxylation is 2. The summed E-state index contributed by atoms with van der Waals surface area (Å²) in [6.07, 6.45) is 3.07. The van der Waals surface area contributed by atoms with Crippen molar-refractivity contribution in [3.63, 3.8) is 0 Å². The Morgan fingerprint density at radius 2 is 2.00 bits per heavy atom. The number of allylic oxidation sites excluding steroid dienone is 1. The van der Waals surface area contributed by atoms with Crippen LogP contribution >= 0.6 is 0 Å². The maximum absolute atomic E-state index is 12.3. The molecule has 24 heavy (non-hydrogen) atoms. The first-order valence-corrected chi connectivity index (χ1v) is 7.51. The first-order chi connectivity index (χ1) is 11.5. The van der Waals surface area contributed by atoms with E-state index in [4.69, 9.17) is 18.6 Å². The molecule has 6 nitrogen and oxygen atoms in total. The first kappa shape index (κ1) is 17.7. The molecule has 0 spiro atoms. The van der Waals surface area contributed by atoms with Gasteiger partial charge in [-0.05, 0) is 37.3 Å². The van der Waals surface area contributed by atoms with Crippen LogP contribution < -0.4 is 9.47 Å². The number of rotatable bonds is 8. The Kier molecular flexibility index (Phi) is 6.14. The predicted molar refractivity (Wildman–Crippen MR) is 89.7 cm³/mol. The number of ketones is 1. The fraction of sp³-hybridized carbons (Fsp3) is 0.333. The number of oxazole rings is 1. The zero-order valence-electron chi connectivity index (χ0n) is 14.3. The van der Waals surface area contributed by atoms with Crippen molar-refractivity contribution in [2.75, 3.05) is 27.4 Å². The van der Waals surface area contributed by atoms with Crippen LogP contribution in [0.2, 0.25) is 0 Å². The van der Waals surface area contributed by atoms with E-state index >= 15 is 0 Å². The van der Waals surface area contributed by atoms with Gasteiger partial charge in [0.2, 0.25) is 0 Å². The molecule has 1 aromatic heterocycles. The molecular formula is C18H21NO5. The maximum Gasteiger partial charge on any atom is 0.191 e. The number of hydrogen-bond donors (Lipinski definition) is 0. The van der Waals surface area contributed by atoms with Crippen LogP contribution in [-0.2, 0) is 4.74 Å². The number of ether oxygens (including phenoxy) is 3. The Hall–Kier alpha value is -2.60. The van der Waals surface area contributed by atoms with Gasteiger partial charge in [-0.15, -0.1) is 0 Å². The van der Waals surface area contributed by atoms with E-state index in [0.717, 1.165) is 5.69 Å². The minimum absolute atomic E-state index is 0.162. The van der Waals surface area contributed by atoms with Gasteiger partial charge in [0.25, 0.3) is 0 Å². The highest BCUT2D eigenvalue weighted by molar-refractivity contribution is 6.07. The van der Waals surface area contributed by atoms with Crippen molar-refractivity contribution in [1.82, 2.24) is 4.98 Å². The minimum atomic E-state index is -0.162. The number of aromatic nitrogens is 1. The van der Waals surface area contributed by atoms with Crippen LogP contribution in [0.3, 0.4) is 0 Å². The van der Waals surface area contributed by atoms with Gasteiger partial charge in [-0.3, -0.25) is 4.79 Å². The number of benzene rings is 1. The van der Waals surface area contributed by atoms with Crippen LogP contribution in [0.25, 0.3) is 6.08 Å². The number of hydrogen-bond acceptors (Lipinski definition) is 6. The molecule has 0 aliphatic rings. The lowest BCUT2D eigenvalue weighted by Gasteiger charge is -2.11. The zero-order chi connectivity index (χ0) is 17.5. The Labute approximate surface area is 141 Å². The quantitative estimate of drug-likeness (QED) is 0.420. The summed E-state index contributed by atoms with van der Waals surface area (Å²) in [5.74, 6) is 2.05. The van der Waals surface area contributed by atoms with Crippen LogP contribution in [0.4, 0.5) is 0 Å². The number of carbonyl (C=O) groups excluding carboxylic acids is 1. The molecule has 0 radical (unpaired) electrons. The monoisotopic (exact) mass is 331 g/mol. The van der Waals surface area contributed by atoms with Crippen LogP contribution in [0.1, 0.15) is 27.7 Å².